The number of rotatable bonds is 4. The minimum atomic E-state index is -0.940. The van der Waals surface area contributed by atoms with Crippen molar-refractivity contribution >= 4 is 5.97 Å². The molecule has 1 aromatic heterocycles. The van der Waals surface area contributed by atoms with Crippen LogP contribution in [0.15, 0.2) is 12.4 Å². The van der Waals surface area contributed by atoms with E-state index < -0.39 is 12.0 Å². The van der Waals surface area contributed by atoms with Crippen molar-refractivity contribution < 1.29 is 14.6 Å². The molecule has 0 spiro atoms. The molecule has 0 aromatic carbocycles. The van der Waals surface area contributed by atoms with Gasteiger partial charge in [0.25, 0.3) is 0 Å². The Kier molecular flexibility index (Phi) is 3.02. The second kappa shape index (κ2) is 4.04. The summed E-state index contributed by atoms with van der Waals surface area (Å²) in [6, 6.07) is -0.737. The maximum absolute atomic E-state index is 10.8. The first kappa shape index (κ1) is 9.73. The Morgan fingerprint density at radius 3 is 2.92 bits per heavy atom. The molecule has 1 N–H and O–H groups in total. The summed E-state index contributed by atoms with van der Waals surface area (Å²) in [4.78, 5) is 10.8. The minimum Gasteiger partial charge on any atom is -0.480 e. The smallest absolute Gasteiger partial charge is 0.330 e. The minimum absolute atomic E-state index is 0.121. The fourth-order valence-electron chi connectivity index (χ4n) is 1.02. The van der Waals surface area contributed by atoms with Crippen LogP contribution >= 0.6 is 0 Å². The van der Waals surface area contributed by atoms with Gasteiger partial charge in [0.05, 0.1) is 12.8 Å². The highest BCUT2D eigenvalue weighted by molar-refractivity contribution is 5.71. The number of aromatic nitrogens is 2. The summed E-state index contributed by atoms with van der Waals surface area (Å²) >= 11 is 0. The topological polar surface area (TPSA) is 64.3 Å². The van der Waals surface area contributed by atoms with Crippen LogP contribution in [-0.2, 0) is 9.53 Å². The molecule has 0 aliphatic rings. The van der Waals surface area contributed by atoms with Crippen LogP contribution in [0.5, 0.6) is 0 Å². The summed E-state index contributed by atoms with van der Waals surface area (Å²) < 4.78 is 6.18. The zero-order valence-electron chi connectivity index (χ0n) is 7.60. The molecule has 5 nitrogen and oxygen atoms in total. The highest BCUT2D eigenvalue weighted by Crippen LogP contribution is 2.07. The molecule has 0 bridgehead atoms. The molecule has 5 heteroatoms. The lowest BCUT2D eigenvalue weighted by Crippen LogP contribution is -2.23. The third-order valence-corrected chi connectivity index (χ3v) is 1.66. The summed E-state index contributed by atoms with van der Waals surface area (Å²) in [5.74, 6) is -0.940. The van der Waals surface area contributed by atoms with Gasteiger partial charge in [-0.05, 0) is 12.5 Å². The van der Waals surface area contributed by atoms with Gasteiger partial charge in [-0.3, -0.25) is 4.68 Å². The summed E-state index contributed by atoms with van der Waals surface area (Å²) in [5.41, 5.74) is 0.933. The zero-order chi connectivity index (χ0) is 9.84. The fourth-order valence-corrected chi connectivity index (χ4v) is 1.02. The lowest BCUT2D eigenvalue weighted by atomic mass is 10.3. The van der Waals surface area contributed by atoms with Gasteiger partial charge >= 0.3 is 5.97 Å². The van der Waals surface area contributed by atoms with Crippen LogP contribution in [0, 0.1) is 6.92 Å². The molecule has 1 rings (SSSR count). The molecule has 0 aliphatic carbocycles. The summed E-state index contributed by atoms with van der Waals surface area (Å²) in [6.45, 7) is 1.98. The number of carboxylic acids is 1. The van der Waals surface area contributed by atoms with Crippen molar-refractivity contribution in [1.29, 1.82) is 0 Å². The Morgan fingerprint density at radius 2 is 2.54 bits per heavy atom. The van der Waals surface area contributed by atoms with Gasteiger partial charge in [-0.25, -0.2) is 4.79 Å². The number of methoxy groups -OCH3 is 1. The standard InChI is InChI=1S/C8H12N2O3/c1-6-3-9-10(4-6)7(5-13-2)8(11)12/h3-4,7H,5H2,1-2H3,(H,11,12). The summed E-state index contributed by atoms with van der Waals surface area (Å²) in [7, 11) is 1.46. The Labute approximate surface area is 75.9 Å². The molecular formula is C8H12N2O3. The van der Waals surface area contributed by atoms with Crippen LogP contribution in [0.1, 0.15) is 11.6 Å². The largest absolute Gasteiger partial charge is 0.480 e. The highest BCUT2D eigenvalue weighted by atomic mass is 16.5. The van der Waals surface area contributed by atoms with Crippen molar-refractivity contribution in [3.05, 3.63) is 18.0 Å². The number of hydrogen-bond acceptors (Lipinski definition) is 3. The second-order valence-electron chi connectivity index (χ2n) is 2.81. The first-order valence-electron chi connectivity index (χ1n) is 3.87. The van der Waals surface area contributed by atoms with E-state index in [4.69, 9.17) is 9.84 Å². The van der Waals surface area contributed by atoms with Crippen LogP contribution < -0.4 is 0 Å². The third-order valence-electron chi connectivity index (χ3n) is 1.66. The maximum Gasteiger partial charge on any atom is 0.330 e. The molecular weight excluding hydrogens is 172 g/mol. The highest BCUT2D eigenvalue weighted by Gasteiger charge is 2.19. The van der Waals surface area contributed by atoms with Gasteiger partial charge < -0.3 is 9.84 Å². The van der Waals surface area contributed by atoms with Crippen molar-refractivity contribution in [2.45, 2.75) is 13.0 Å². The van der Waals surface area contributed by atoms with Gasteiger partial charge in [-0.15, -0.1) is 0 Å². The van der Waals surface area contributed by atoms with E-state index >= 15 is 0 Å². The van der Waals surface area contributed by atoms with E-state index in [2.05, 4.69) is 5.10 Å². The molecule has 1 aromatic rings. The van der Waals surface area contributed by atoms with E-state index in [0.29, 0.717) is 0 Å². The number of nitrogens with zero attached hydrogens (tertiary/aromatic N) is 2. The van der Waals surface area contributed by atoms with Crippen molar-refractivity contribution in [3.63, 3.8) is 0 Å². The van der Waals surface area contributed by atoms with Gasteiger partial charge in [0, 0.05) is 13.3 Å². The zero-order valence-corrected chi connectivity index (χ0v) is 7.60. The van der Waals surface area contributed by atoms with Crippen molar-refractivity contribution in [3.8, 4) is 0 Å². The normalized spacial score (nSPS) is 12.8. The fraction of sp³-hybridized carbons (Fsp3) is 0.500. The van der Waals surface area contributed by atoms with Crippen LogP contribution in [0.4, 0.5) is 0 Å². The maximum atomic E-state index is 10.8. The average Bonchev–Trinajstić information content (AvgIpc) is 2.46. The van der Waals surface area contributed by atoms with E-state index in [9.17, 15) is 4.79 Å². The Morgan fingerprint density at radius 1 is 1.85 bits per heavy atom. The molecule has 72 valence electrons. The van der Waals surface area contributed by atoms with Crippen LogP contribution in [-0.4, -0.2) is 34.6 Å². The number of aryl methyl sites for hydroxylation is 1. The van der Waals surface area contributed by atoms with Gasteiger partial charge in [0.2, 0.25) is 0 Å². The lowest BCUT2D eigenvalue weighted by Gasteiger charge is -2.10. The molecule has 0 amide bonds. The monoisotopic (exact) mass is 184 g/mol. The molecule has 0 fully saturated rings. The van der Waals surface area contributed by atoms with Gasteiger partial charge in [0.15, 0.2) is 6.04 Å². The predicted octanol–water partition coefficient (Wildman–Crippen LogP) is 0.464. The molecule has 0 radical (unpaired) electrons. The molecule has 1 unspecified atom stereocenters. The number of ether oxygens (including phenoxy) is 1. The van der Waals surface area contributed by atoms with E-state index in [-0.39, 0.29) is 6.61 Å². The number of carboxylic acid groups (broad SMARTS) is 1. The molecule has 1 heterocycles. The van der Waals surface area contributed by atoms with E-state index in [0.717, 1.165) is 5.56 Å². The Bertz CT molecular complexity index is 295. The molecule has 13 heavy (non-hydrogen) atoms. The van der Waals surface area contributed by atoms with E-state index in [1.807, 2.05) is 6.92 Å². The van der Waals surface area contributed by atoms with Crippen LogP contribution in [0.3, 0.4) is 0 Å². The SMILES string of the molecule is COCC(C(=O)O)n1cc(C)cn1. The molecule has 1 atom stereocenters. The van der Waals surface area contributed by atoms with Gasteiger partial charge in [-0.2, -0.15) is 5.10 Å². The van der Waals surface area contributed by atoms with Gasteiger partial charge in [-0.1, -0.05) is 0 Å². The van der Waals surface area contributed by atoms with Crippen molar-refractivity contribution in [1.82, 2.24) is 9.78 Å². The predicted molar refractivity (Wildman–Crippen MR) is 45.5 cm³/mol. The first-order valence-corrected chi connectivity index (χ1v) is 3.87. The van der Waals surface area contributed by atoms with Crippen LogP contribution in [0.2, 0.25) is 0 Å². The van der Waals surface area contributed by atoms with Crippen molar-refractivity contribution in [2.24, 2.45) is 0 Å². The van der Waals surface area contributed by atoms with Crippen molar-refractivity contribution in [2.75, 3.05) is 13.7 Å². The summed E-state index contributed by atoms with van der Waals surface area (Å²) in [5, 5.41) is 12.7. The van der Waals surface area contributed by atoms with Crippen LogP contribution in [0.25, 0.3) is 0 Å². The number of aliphatic carboxylic acids is 1. The molecule has 0 saturated heterocycles. The third kappa shape index (κ3) is 2.29. The first-order chi connectivity index (χ1) is 6.15. The van der Waals surface area contributed by atoms with E-state index in [1.165, 1.54) is 11.8 Å². The average molecular weight is 184 g/mol. The number of hydrogen-bond donors (Lipinski definition) is 1. The van der Waals surface area contributed by atoms with Gasteiger partial charge in [0.1, 0.15) is 0 Å². The lowest BCUT2D eigenvalue weighted by molar-refractivity contribution is -0.142. The number of carbonyl (C=O) groups is 1. The summed E-state index contributed by atoms with van der Waals surface area (Å²) in [6.07, 6.45) is 3.30. The Balaban J connectivity index is 2.81. The molecule has 0 saturated carbocycles. The second-order valence-corrected chi connectivity index (χ2v) is 2.81. The Hall–Kier alpha value is -1.36. The van der Waals surface area contributed by atoms with E-state index in [1.54, 1.807) is 12.4 Å². The quantitative estimate of drug-likeness (QED) is 0.738. The molecule has 0 aliphatic heterocycles.